The largest absolute Gasteiger partial charge is 0.497 e. The first-order valence-corrected chi connectivity index (χ1v) is 13.2. The van der Waals surface area contributed by atoms with Gasteiger partial charge < -0.3 is 19.7 Å². The van der Waals surface area contributed by atoms with Gasteiger partial charge in [-0.15, -0.1) is 0 Å². The highest BCUT2D eigenvalue weighted by Crippen LogP contribution is 2.49. The second-order valence-electron chi connectivity index (χ2n) is 9.64. The summed E-state index contributed by atoms with van der Waals surface area (Å²) in [6.07, 6.45) is 6.26. The van der Waals surface area contributed by atoms with Crippen LogP contribution in [-0.2, 0) is 20.2 Å². The van der Waals surface area contributed by atoms with E-state index in [4.69, 9.17) is 4.74 Å². The Morgan fingerprint density at radius 2 is 1.94 bits per heavy atom. The van der Waals surface area contributed by atoms with Gasteiger partial charge >= 0.3 is 0 Å². The fraction of sp³-hybridized carbons (Fsp3) is 0.609. The van der Waals surface area contributed by atoms with Gasteiger partial charge in [-0.05, 0) is 30.5 Å². The van der Waals surface area contributed by atoms with Crippen molar-refractivity contribution in [3.63, 3.8) is 0 Å². The number of nitrogens with zero attached hydrogens (tertiary/aromatic N) is 2. The van der Waals surface area contributed by atoms with Gasteiger partial charge in [0.25, 0.3) is 0 Å². The lowest BCUT2D eigenvalue weighted by Gasteiger charge is -2.55. The van der Waals surface area contributed by atoms with Crippen LogP contribution in [0.2, 0.25) is 0 Å². The summed E-state index contributed by atoms with van der Waals surface area (Å²) in [6.45, 7) is 0.918. The maximum absolute atomic E-state index is 13.6. The average molecular weight is 462 g/mol. The van der Waals surface area contributed by atoms with Crippen LogP contribution in [-0.4, -0.2) is 73.2 Å². The third-order valence-electron chi connectivity index (χ3n) is 7.59. The normalized spacial score (nSPS) is 23.8. The van der Waals surface area contributed by atoms with E-state index in [2.05, 4.69) is 4.98 Å². The van der Waals surface area contributed by atoms with Gasteiger partial charge in [-0.1, -0.05) is 19.3 Å². The Hall–Kier alpha value is -2.10. The Kier molecular flexibility index (Phi) is 5.26. The first-order valence-electron chi connectivity index (χ1n) is 11.3. The van der Waals surface area contributed by atoms with Crippen molar-refractivity contribution in [2.75, 3.05) is 39.6 Å². The summed E-state index contributed by atoms with van der Waals surface area (Å²) in [5, 5.41) is 11.4. The Morgan fingerprint density at radius 1 is 1.22 bits per heavy atom. The van der Waals surface area contributed by atoms with Crippen LogP contribution in [0.3, 0.4) is 0 Å². The summed E-state index contributed by atoms with van der Waals surface area (Å²) < 4.78 is 31.3. The van der Waals surface area contributed by atoms with Crippen molar-refractivity contribution in [2.45, 2.75) is 43.6 Å². The van der Waals surface area contributed by atoms with E-state index in [1.165, 1.54) is 10.6 Å². The first-order chi connectivity index (χ1) is 15.3. The predicted molar refractivity (Wildman–Crippen MR) is 121 cm³/mol. The van der Waals surface area contributed by atoms with Crippen LogP contribution < -0.4 is 4.74 Å². The quantitative estimate of drug-likeness (QED) is 0.726. The Labute approximate surface area is 188 Å². The molecule has 2 aliphatic heterocycles. The topological polar surface area (TPSA) is 103 Å². The molecule has 1 aromatic carbocycles. The molecule has 1 saturated heterocycles. The summed E-state index contributed by atoms with van der Waals surface area (Å²) in [4.78, 5) is 18.9. The van der Waals surface area contributed by atoms with E-state index >= 15 is 0 Å². The van der Waals surface area contributed by atoms with Crippen molar-refractivity contribution >= 4 is 26.8 Å². The highest BCUT2D eigenvalue weighted by Gasteiger charge is 2.56. The maximum Gasteiger partial charge on any atom is 0.226 e. The third-order valence-corrected chi connectivity index (χ3v) is 8.78. The molecule has 0 radical (unpaired) electrons. The van der Waals surface area contributed by atoms with E-state index in [-0.39, 0.29) is 18.4 Å². The van der Waals surface area contributed by atoms with Gasteiger partial charge in [0.15, 0.2) is 0 Å². The van der Waals surface area contributed by atoms with Crippen molar-refractivity contribution in [1.82, 2.24) is 14.2 Å². The summed E-state index contributed by atoms with van der Waals surface area (Å²) in [7, 11) is -1.70. The second-order valence-corrected chi connectivity index (χ2v) is 11.6. The molecule has 1 aliphatic carbocycles. The summed E-state index contributed by atoms with van der Waals surface area (Å²) >= 11 is 0. The van der Waals surface area contributed by atoms with Crippen molar-refractivity contribution in [3.05, 3.63) is 29.5 Å². The van der Waals surface area contributed by atoms with E-state index < -0.39 is 21.5 Å². The number of aliphatic hydroxyl groups is 1. The van der Waals surface area contributed by atoms with E-state index in [0.717, 1.165) is 54.3 Å². The number of aromatic amines is 1. The highest BCUT2D eigenvalue weighted by molar-refractivity contribution is 7.88. The number of benzene rings is 1. The lowest BCUT2D eigenvalue weighted by Crippen LogP contribution is -2.68. The maximum atomic E-state index is 13.6. The van der Waals surface area contributed by atoms with E-state index in [0.29, 0.717) is 25.4 Å². The van der Waals surface area contributed by atoms with Gasteiger partial charge in [0, 0.05) is 53.6 Å². The number of carbonyl (C=O) groups is 1. The van der Waals surface area contributed by atoms with Crippen molar-refractivity contribution in [2.24, 2.45) is 5.92 Å². The third kappa shape index (κ3) is 3.33. The minimum Gasteiger partial charge on any atom is -0.497 e. The summed E-state index contributed by atoms with van der Waals surface area (Å²) in [6, 6.07) is 5.33. The first kappa shape index (κ1) is 21.7. The van der Waals surface area contributed by atoms with E-state index in [1.54, 1.807) is 7.11 Å². The number of ether oxygens (including phenoxy) is 1. The van der Waals surface area contributed by atoms with Crippen LogP contribution in [0.4, 0.5) is 0 Å². The number of fused-ring (bicyclic) bond motifs is 4. The van der Waals surface area contributed by atoms with E-state index in [1.807, 2.05) is 23.1 Å². The molecule has 2 N–H and O–H groups in total. The number of aromatic nitrogens is 1. The van der Waals surface area contributed by atoms with Gasteiger partial charge in [-0.2, -0.15) is 0 Å². The summed E-state index contributed by atoms with van der Waals surface area (Å²) in [5.74, 6) is 0.780. The molecule has 2 fully saturated rings. The monoisotopic (exact) mass is 461 g/mol. The number of aliphatic hydroxyl groups excluding tert-OH is 1. The standard InChI is InChI=1S/C23H31N3O5S/c1-31-16-8-9-17-18(10-16)24-21-19(11-27)26(22(28)15-6-4-3-5-7-15)14-23(20(17)21)12-25(13-23)32(2,29)30/h8-10,15,19,24,27H,3-7,11-14H2,1-2H3/t19-/m1/s1. The molecule has 32 heavy (non-hydrogen) atoms. The van der Waals surface area contributed by atoms with Crippen LogP contribution in [0.15, 0.2) is 18.2 Å². The van der Waals surface area contributed by atoms with E-state index in [9.17, 15) is 18.3 Å². The van der Waals surface area contributed by atoms with Crippen molar-refractivity contribution < 1.29 is 23.1 Å². The van der Waals surface area contributed by atoms with Crippen LogP contribution in [0.1, 0.15) is 49.4 Å². The lowest BCUT2D eigenvalue weighted by molar-refractivity contribution is -0.143. The molecule has 1 spiro atoms. The number of carbonyl (C=O) groups excluding carboxylic acids is 1. The molecule has 1 saturated carbocycles. The predicted octanol–water partition coefficient (Wildman–Crippen LogP) is 2.15. The Bertz CT molecular complexity index is 1150. The Balaban J connectivity index is 1.62. The van der Waals surface area contributed by atoms with Gasteiger partial charge in [0.1, 0.15) is 5.75 Å². The van der Waals surface area contributed by atoms with Crippen molar-refractivity contribution in [3.8, 4) is 5.75 Å². The van der Waals surface area contributed by atoms with Gasteiger partial charge in [0.2, 0.25) is 15.9 Å². The molecule has 0 bridgehead atoms. The number of H-pyrrole nitrogens is 1. The number of hydrogen-bond acceptors (Lipinski definition) is 5. The fourth-order valence-corrected chi connectivity index (χ4v) is 6.91. The number of amides is 1. The van der Waals surface area contributed by atoms with Gasteiger partial charge in [0.05, 0.1) is 26.0 Å². The molecule has 0 unspecified atom stereocenters. The SMILES string of the molecule is COc1ccc2c3c([nH]c2c1)[C@@H](CO)N(C(=O)C1CCCCC1)CC31CN(S(C)(=O)=O)C1. The minimum absolute atomic E-state index is 0.0213. The number of methoxy groups -OCH3 is 1. The molecule has 174 valence electrons. The van der Waals surface area contributed by atoms with Crippen molar-refractivity contribution in [1.29, 1.82) is 0 Å². The molecule has 2 aromatic rings. The molecule has 5 rings (SSSR count). The zero-order valence-electron chi connectivity index (χ0n) is 18.6. The zero-order valence-corrected chi connectivity index (χ0v) is 19.5. The van der Waals surface area contributed by atoms with Crippen LogP contribution in [0.5, 0.6) is 5.75 Å². The second kappa shape index (κ2) is 7.74. The van der Waals surface area contributed by atoms with Gasteiger partial charge in [-0.25, -0.2) is 12.7 Å². The van der Waals surface area contributed by atoms with Crippen LogP contribution >= 0.6 is 0 Å². The fourth-order valence-electron chi connectivity index (χ4n) is 5.94. The molecule has 9 heteroatoms. The van der Waals surface area contributed by atoms with Crippen LogP contribution in [0.25, 0.3) is 10.9 Å². The van der Waals surface area contributed by atoms with Crippen LogP contribution in [0, 0.1) is 5.92 Å². The number of nitrogens with one attached hydrogen (secondary N) is 1. The molecule has 8 nitrogen and oxygen atoms in total. The lowest BCUT2D eigenvalue weighted by atomic mass is 9.69. The molecule has 3 aliphatic rings. The molecule has 1 aromatic heterocycles. The molecular weight excluding hydrogens is 430 g/mol. The van der Waals surface area contributed by atoms with Gasteiger partial charge in [-0.3, -0.25) is 4.79 Å². The molecule has 1 amide bonds. The Morgan fingerprint density at radius 3 is 2.56 bits per heavy atom. The number of hydrogen-bond donors (Lipinski definition) is 2. The minimum atomic E-state index is -3.32. The highest BCUT2D eigenvalue weighted by atomic mass is 32.2. The smallest absolute Gasteiger partial charge is 0.226 e. The summed E-state index contributed by atoms with van der Waals surface area (Å²) in [5.41, 5.74) is 2.24. The molecule has 3 heterocycles. The number of sulfonamides is 1. The number of rotatable bonds is 4. The average Bonchev–Trinajstić information content (AvgIpc) is 3.14. The molecule has 1 atom stereocenters. The zero-order chi connectivity index (χ0) is 22.7. The molecular formula is C23H31N3O5S.